The first-order chi connectivity index (χ1) is 8.33. The van der Waals surface area contributed by atoms with Gasteiger partial charge >= 0.3 is 0 Å². The Morgan fingerprint density at radius 2 is 1.94 bits per heavy atom. The summed E-state index contributed by atoms with van der Waals surface area (Å²) < 4.78 is 5.79. The molecule has 0 aromatic heterocycles. The van der Waals surface area contributed by atoms with Gasteiger partial charge in [0, 0.05) is 6.54 Å². The normalized spacial score (nSPS) is 20.1. The number of aliphatic hydroxyl groups is 1. The molecule has 1 unspecified atom stereocenters. The van der Waals surface area contributed by atoms with Gasteiger partial charge in [0.1, 0.15) is 0 Å². The molecule has 1 rings (SSSR count). The maximum atomic E-state index is 9.76. The van der Waals surface area contributed by atoms with Crippen LogP contribution < -0.4 is 5.32 Å². The summed E-state index contributed by atoms with van der Waals surface area (Å²) in [5.74, 6) is 0. The van der Waals surface area contributed by atoms with E-state index in [-0.39, 0.29) is 6.10 Å². The van der Waals surface area contributed by atoms with Crippen LogP contribution in [0.2, 0.25) is 0 Å². The molecule has 1 fully saturated rings. The average molecular weight is 243 g/mol. The third-order valence-electron chi connectivity index (χ3n) is 3.41. The minimum atomic E-state index is -0.352. The average Bonchev–Trinajstić information content (AvgIpc) is 2.60. The molecular weight excluding hydrogens is 214 g/mol. The third-order valence-corrected chi connectivity index (χ3v) is 3.41. The zero-order chi connectivity index (χ0) is 12.3. The highest BCUT2D eigenvalue weighted by Gasteiger charge is 2.14. The second-order valence-electron chi connectivity index (χ2n) is 5.16. The lowest BCUT2D eigenvalue weighted by Gasteiger charge is -2.18. The number of hydrogen-bond donors (Lipinski definition) is 2. The van der Waals surface area contributed by atoms with Gasteiger partial charge in [0.05, 0.1) is 18.8 Å². The zero-order valence-electron chi connectivity index (χ0n) is 11.3. The molecule has 0 spiro atoms. The van der Waals surface area contributed by atoms with Crippen molar-refractivity contribution in [3.8, 4) is 0 Å². The lowest BCUT2D eigenvalue weighted by atomic mass is 10.1. The number of nitrogens with one attached hydrogen (secondary N) is 1. The molecule has 0 aromatic carbocycles. The third kappa shape index (κ3) is 7.74. The van der Waals surface area contributed by atoms with Crippen LogP contribution in [-0.2, 0) is 4.74 Å². The Kier molecular flexibility index (Phi) is 8.67. The van der Waals surface area contributed by atoms with Gasteiger partial charge in [-0.05, 0) is 25.8 Å². The van der Waals surface area contributed by atoms with Crippen molar-refractivity contribution in [3.63, 3.8) is 0 Å². The van der Waals surface area contributed by atoms with Gasteiger partial charge in [0.2, 0.25) is 0 Å². The molecule has 102 valence electrons. The lowest BCUT2D eigenvalue weighted by Crippen LogP contribution is -2.32. The van der Waals surface area contributed by atoms with Crippen LogP contribution in [0.5, 0.6) is 0 Å². The van der Waals surface area contributed by atoms with Gasteiger partial charge in [-0.1, -0.05) is 39.0 Å². The largest absolute Gasteiger partial charge is 0.389 e. The van der Waals surface area contributed by atoms with Crippen molar-refractivity contribution in [3.05, 3.63) is 0 Å². The van der Waals surface area contributed by atoms with Crippen molar-refractivity contribution in [2.45, 2.75) is 70.5 Å². The second-order valence-corrected chi connectivity index (χ2v) is 5.16. The molecule has 1 saturated carbocycles. The summed E-state index contributed by atoms with van der Waals surface area (Å²) in [5.41, 5.74) is 0. The standard InChI is InChI=1S/C14H29NO2/c1-2-3-10-15-11-13(16)12-17-14-8-6-4-5-7-9-14/h13-16H,2-12H2,1H3. The fourth-order valence-electron chi connectivity index (χ4n) is 2.29. The molecule has 1 aliphatic rings. The van der Waals surface area contributed by atoms with Gasteiger partial charge in [0.25, 0.3) is 0 Å². The molecule has 0 bridgehead atoms. The van der Waals surface area contributed by atoms with E-state index in [2.05, 4.69) is 12.2 Å². The van der Waals surface area contributed by atoms with E-state index in [1.54, 1.807) is 0 Å². The monoisotopic (exact) mass is 243 g/mol. The summed E-state index contributed by atoms with van der Waals surface area (Å²) in [6.45, 7) is 4.32. The quantitative estimate of drug-likeness (QED) is 0.508. The van der Waals surface area contributed by atoms with Gasteiger partial charge in [-0.15, -0.1) is 0 Å². The van der Waals surface area contributed by atoms with Crippen molar-refractivity contribution in [2.75, 3.05) is 19.7 Å². The topological polar surface area (TPSA) is 41.5 Å². The summed E-state index contributed by atoms with van der Waals surface area (Å²) >= 11 is 0. The van der Waals surface area contributed by atoms with Crippen molar-refractivity contribution in [1.82, 2.24) is 5.32 Å². The Balaban J connectivity index is 1.99. The molecule has 3 heteroatoms. The van der Waals surface area contributed by atoms with Crippen LogP contribution in [0.3, 0.4) is 0 Å². The Morgan fingerprint density at radius 3 is 2.59 bits per heavy atom. The molecule has 0 radical (unpaired) electrons. The second kappa shape index (κ2) is 9.86. The molecule has 3 nitrogen and oxygen atoms in total. The van der Waals surface area contributed by atoms with E-state index in [4.69, 9.17) is 4.74 Å². The van der Waals surface area contributed by atoms with Gasteiger partial charge in [-0.2, -0.15) is 0 Å². The van der Waals surface area contributed by atoms with Crippen molar-refractivity contribution < 1.29 is 9.84 Å². The number of aliphatic hydroxyl groups excluding tert-OH is 1. The molecule has 2 N–H and O–H groups in total. The summed E-state index contributed by atoms with van der Waals surface area (Å²) in [7, 11) is 0. The van der Waals surface area contributed by atoms with Gasteiger partial charge < -0.3 is 15.2 Å². The van der Waals surface area contributed by atoms with E-state index < -0.39 is 0 Å². The predicted molar refractivity (Wildman–Crippen MR) is 71.2 cm³/mol. The van der Waals surface area contributed by atoms with E-state index in [1.807, 2.05) is 0 Å². The van der Waals surface area contributed by atoms with Crippen LogP contribution >= 0.6 is 0 Å². The molecule has 0 aliphatic heterocycles. The number of unbranched alkanes of at least 4 members (excludes halogenated alkanes) is 1. The zero-order valence-corrected chi connectivity index (χ0v) is 11.3. The lowest BCUT2D eigenvalue weighted by molar-refractivity contribution is -0.0143. The van der Waals surface area contributed by atoms with E-state index >= 15 is 0 Å². The predicted octanol–water partition coefficient (Wildman–Crippen LogP) is 2.48. The molecule has 0 saturated heterocycles. The van der Waals surface area contributed by atoms with Crippen molar-refractivity contribution >= 4 is 0 Å². The van der Waals surface area contributed by atoms with Gasteiger partial charge in [-0.25, -0.2) is 0 Å². The van der Waals surface area contributed by atoms with Gasteiger partial charge in [-0.3, -0.25) is 0 Å². The molecule has 17 heavy (non-hydrogen) atoms. The van der Waals surface area contributed by atoms with Crippen LogP contribution in [-0.4, -0.2) is 37.0 Å². The maximum absolute atomic E-state index is 9.76. The van der Waals surface area contributed by atoms with E-state index in [0.717, 1.165) is 6.54 Å². The molecule has 1 atom stereocenters. The number of rotatable bonds is 8. The minimum absolute atomic E-state index is 0.352. The molecule has 0 heterocycles. The van der Waals surface area contributed by atoms with Crippen LogP contribution in [0.15, 0.2) is 0 Å². The SMILES string of the molecule is CCCCNCC(O)COC1CCCCCC1. The minimum Gasteiger partial charge on any atom is -0.389 e. The van der Waals surface area contributed by atoms with E-state index in [0.29, 0.717) is 19.3 Å². The van der Waals surface area contributed by atoms with Crippen LogP contribution in [0.4, 0.5) is 0 Å². The maximum Gasteiger partial charge on any atom is 0.0897 e. The summed E-state index contributed by atoms with van der Waals surface area (Å²) in [5, 5.41) is 13.0. The Bertz CT molecular complexity index is 168. The molecule has 1 aliphatic carbocycles. The van der Waals surface area contributed by atoms with Crippen LogP contribution in [0, 0.1) is 0 Å². The smallest absolute Gasteiger partial charge is 0.0897 e. The van der Waals surface area contributed by atoms with Crippen molar-refractivity contribution in [2.24, 2.45) is 0 Å². The molecule has 0 amide bonds. The fraction of sp³-hybridized carbons (Fsp3) is 1.00. The highest BCUT2D eigenvalue weighted by atomic mass is 16.5. The Morgan fingerprint density at radius 1 is 1.24 bits per heavy atom. The van der Waals surface area contributed by atoms with E-state index in [1.165, 1.54) is 51.4 Å². The van der Waals surface area contributed by atoms with E-state index in [9.17, 15) is 5.11 Å². The first-order valence-corrected chi connectivity index (χ1v) is 7.33. The summed E-state index contributed by atoms with van der Waals surface area (Å²) in [6.07, 6.45) is 10.0. The highest BCUT2D eigenvalue weighted by molar-refractivity contribution is 4.66. The number of hydrogen-bond acceptors (Lipinski definition) is 3. The Labute approximate surface area is 106 Å². The first kappa shape index (κ1) is 14.9. The van der Waals surface area contributed by atoms with Crippen LogP contribution in [0.1, 0.15) is 58.3 Å². The fourth-order valence-corrected chi connectivity index (χ4v) is 2.29. The summed E-state index contributed by atoms with van der Waals surface area (Å²) in [4.78, 5) is 0. The molecule has 0 aromatic rings. The van der Waals surface area contributed by atoms with Gasteiger partial charge in [0.15, 0.2) is 0 Å². The van der Waals surface area contributed by atoms with Crippen molar-refractivity contribution in [1.29, 1.82) is 0 Å². The number of ether oxygens (including phenoxy) is 1. The Hall–Kier alpha value is -0.120. The van der Waals surface area contributed by atoms with Crippen LogP contribution in [0.25, 0.3) is 0 Å². The molecular formula is C14H29NO2. The summed E-state index contributed by atoms with van der Waals surface area (Å²) in [6, 6.07) is 0. The first-order valence-electron chi connectivity index (χ1n) is 7.33. The highest BCUT2D eigenvalue weighted by Crippen LogP contribution is 2.19.